The molecule has 0 aliphatic rings. The van der Waals surface area contributed by atoms with Crippen LogP contribution in [0.2, 0.25) is 0 Å². The predicted octanol–water partition coefficient (Wildman–Crippen LogP) is 1.68. The number of rotatable bonds is 2. The molecule has 0 radical (unpaired) electrons. The molecule has 8 heavy (non-hydrogen) atoms. The summed E-state index contributed by atoms with van der Waals surface area (Å²) in [5, 5.41) is 0. The van der Waals surface area contributed by atoms with Crippen molar-refractivity contribution in [3.8, 4) is 0 Å². The van der Waals surface area contributed by atoms with Gasteiger partial charge < -0.3 is 9.42 Å². The quantitative estimate of drug-likeness (QED) is 0.375. The van der Waals surface area contributed by atoms with Crippen LogP contribution in [-0.2, 0) is 16.3 Å². The Morgan fingerprint density at radius 3 is 2.38 bits per heavy atom. The predicted molar refractivity (Wildman–Crippen MR) is 41.4 cm³/mol. The minimum atomic E-state index is -2.79. The van der Waals surface area contributed by atoms with Crippen molar-refractivity contribution in [2.24, 2.45) is 0 Å². The molecule has 0 aromatic heterocycles. The van der Waals surface area contributed by atoms with E-state index >= 15 is 0 Å². The fraction of sp³-hybridized carbons (Fsp3) is 0.333. The molecule has 0 fully saturated rings. The van der Waals surface area contributed by atoms with Gasteiger partial charge in [-0.2, -0.15) is 0 Å². The summed E-state index contributed by atoms with van der Waals surface area (Å²) in [5.74, 6) is 0.394. The maximum absolute atomic E-state index is 8.70. The van der Waals surface area contributed by atoms with Crippen molar-refractivity contribution in [2.45, 2.75) is 6.92 Å². The van der Waals surface area contributed by atoms with Gasteiger partial charge in [0.25, 0.3) is 5.69 Å². The Morgan fingerprint density at radius 1 is 2.00 bits per heavy atom. The maximum Gasteiger partial charge on any atom is 0.291 e. The number of hydrogen-bond donors (Lipinski definition) is 2. The average molecular weight is 170 g/mol. The second kappa shape index (κ2) is 2.87. The smallest absolute Gasteiger partial charge is 0.291 e. The van der Waals surface area contributed by atoms with E-state index in [1.807, 2.05) is 0 Å². The van der Waals surface area contributed by atoms with Crippen molar-refractivity contribution in [2.75, 3.05) is 0 Å². The molecule has 0 saturated carbocycles. The third-order valence-electron chi connectivity index (χ3n) is 0.275. The molecule has 5 heteroatoms. The van der Waals surface area contributed by atoms with Crippen LogP contribution >= 0.6 is 17.9 Å². The second-order valence-corrected chi connectivity index (χ2v) is 6.37. The second-order valence-electron chi connectivity index (χ2n) is 1.28. The maximum atomic E-state index is 8.70. The largest absolute Gasteiger partial charge is 0.442 e. The summed E-state index contributed by atoms with van der Waals surface area (Å²) in [6.07, 6.45) is 0. The van der Waals surface area contributed by atoms with E-state index in [4.69, 9.17) is 4.89 Å². The Labute approximate surface area is 58.9 Å². The Kier molecular flexibility index (Phi) is 3.05. The monoisotopic (exact) mass is 170 g/mol. The molecule has 0 heterocycles. The lowest BCUT2D eigenvalue weighted by molar-refractivity contribution is 0.418. The molecule has 0 aromatic rings. The van der Waals surface area contributed by atoms with Crippen LogP contribution in [0.1, 0.15) is 6.92 Å². The molecule has 0 saturated heterocycles. The third kappa shape index (κ3) is 6.50. The van der Waals surface area contributed by atoms with Crippen LogP contribution < -0.4 is 0 Å². The first-order chi connectivity index (χ1) is 3.42. The van der Waals surface area contributed by atoms with Crippen LogP contribution in [0.4, 0.5) is 0 Å². The molecule has 0 rings (SSSR count). The van der Waals surface area contributed by atoms with Gasteiger partial charge in [0, 0.05) is 0 Å². The lowest BCUT2D eigenvalue weighted by Gasteiger charge is -2.08. The summed E-state index contributed by atoms with van der Waals surface area (Å²) in [7, 11) is 0. The molecule has 0 aliphatic heterocycles. The summed E-state index contributed by atoms with van der Waals surface area (Å²) in [4.78, 5) is 8.70. The fourth-order valence-electron chi connectivity index (χ4n) is 0.203. The lowest BCUT2D eigenvalue weighted by Crippen LogP contribution is -1.76. The fourth-order valence-corrected chi connectivity index (χ4v) is 1.41. The van der Waals surface area contributed by atoms with E-state index in [1.165, 1.54) is 0 Å². The van der Waals surface area contributed by atoms with Crippen LogP contribution in [0.15, 0.2) is 12.3 Å². The molecule has 1 unspecified atom stereocenters. The van der Waals surface area contributed by atoms with Gasteiger partial charge >= 0.3 is 0 Å². The molecular weight excluding hydrogens is 163 g/mol. The first-order valence-corrected chi connectivity index (χ1v) is 5.65. The highest BCUT2D eigenvalue weighted by atomic mass is 32.9. The average Bonchev–Trinajstić information content (AvgIpc) is 1.21. The van der Waals surface area contributed by atoms with Gasteiger partial charge in [0.1, 0.15) is 0 Å². The number of thiol groups is 1. The Balaban J connectivity index is 3.74. The minimum Gasteiger partial charge on any atom is -0.442 e. The van der Waals surface area contributed by atoms with Crippen LogP contribution in [0, 0.1) is 0 Å². The summed E-state index contributed by atoms with van der Waals surface area (Å²) in [6, 6.07) is 0. The Hall–Kier alpha value is 0.500. The molecule has 0 spiro atoms. The molecule has 2 nitrogen and oxygen atoms in total. The molecule has 0 aliphatic carbocycles. The Morgan fingerprint density at radius 2 is 2.38 bits per heavy atom. The van der Waals surface area contributed by atoms with Crippen molar-refractivity contribution in [1.29, 1.82) is 0 Å². The summed E-state index contributed by atoms with van der Waals surface area (Å²) >= 11 is 8.00. The highest BCUT2D eigenvalue weighted by Gasteiger charge is 2.04. The van der Waals surface area contributed by atoms with Gasteiger partial charge in [-0.05, 0) is 18.7 Å². The topological polar surface area (TPSA) is 29.5 Å². The van der Waals surface area contributed by atoms with Gasteiger partial charge in [-0.25, -0.2) is 0 Å². The van der Waals surface area contributed by atoms with Gasteiger partial charge in [0.05, 0.1) is 5.76 Å². The minimum absolute atomic E-state index is 0.394. The van der Waals surface area contributed by atoms with Crippen molar-refractivity contribution in [3.63, 3.8) is 0 Å². The van der Waals surface area contributed by atoms with Gasteiger partial charge in [-0.1, -0.05) is 18.8 Å². The van der Waals surface area contributed by atoms with Crippen molar-refractivity contribution in [1.82, 2.24) is 0 Å². The molecule has 0 aromatic carbocycles. The van der Waals surface area contributed by atoms with E-state index in [0.717, 1.165) is 0 Å². The summed E-state index contributed by atoms with van der Waals surface area (Å²) in [5.41, 5.74) is -2.79. The Bertz CT molecular complexity index is 138. The van der Waals surface area contributed by atoms with Crippen molar-refractivity contribution < 1.29 is 9.42 Å². The zero-order valence-corrected chi connectivity index (χ0v) is 6.97. The highest BCUT2D eigenvalue weighted by Crippen LogP contribution is 2.48. The highest BCUT2D eigenvalue weighted by molar-refractivity contribution is 8.59. The van der Waals surface area contributed by atoms with Crippen molar-refractivity contribution in [3.05, 3.63) is 12.3 Å². The lowest BCUT2D eigenvalue weighted by atomic mass is 10.7. The molecule has 0 amide bonds. The standard InChI is InChI=1S/C3H7O2PS2/c1-3(2)5-6(4,7)8/h1H2,2H3,(H2,4,7,8). The van der Waals surface area contributed by atoms with Gasteiger partial charge in [0.15, 0.2) is 0 Å². The van der Waals surface area contributed by atoms with Crippen LogP contribution in [-0.4, -0.2) is 4.89 Å². The molecule has 0 bridgehead atoms. The van der Waals surface area contributed by atoms with E-state index in [9.17, 15) is 0 Å². The van der Waals surface area contributed by atoms with Gasteiger partial charge in [-0.3, -0.25) is 0 Å². The van der Waals surface area contributed by atoms with E-state index in [1.54, 1.807) is 6.92 Å². The van der Waals surface area contributed by atoms with Gasteiger partial charge in [-0.15, -0.1) is 0 Å². The van der Waals surface area contributed by atoms with E-state index in [-0.39, 0.29) is 0 Å². The molecule has 1 atom stereocenters. The van der Waals surface area contributed by atoms with Crippen LogP contribution in [0.5, 0.6) is 0 Å². The first-order valence-electron chi connectivity index (χ1n) is 1.82. The zero-order chi connectivity index (χ0) is 6.78. The van der Waals surface area contributed by atoms with Crippen molar-refractivity contribution >= 4 is 29.7 Å². The number of hydrogen-bond acceptors (Lipinski definition) is 2. The third-order valence-corrected chi connectivity index (χ3v) is 1.29. The first kappa shape index (κ1) is 8.50. The van der Waals surface area contributed by atoms with E-state index < -0.39 is 5.69 Å². The SMILES string of the molecule is C=C(C)OP(O)(=S)S. The molecule has 48 valence electrons. The van der Waals surface area contributed by atoms with Gasteiger partial charge in [0.2, 0.25) is 0 Å². The van der Waals surface area contributed by atoms with E-state index in [2.05, 4.69) is 35.2 Å². The molecular formula is C3H7O2PS2. The normalized spacial score (nSPS) is 16.9. The number of allylic oxidation sites excluding steroid dienone is 1. The van der Waals surface area contributed by atoms with Crippen LogP contribution in [0.25, 0.3) is 0 Å². The van der Waals surface area contributed by atoms with E-state index in [0.29, 0.717) is 5.76 Å². The zero-order valence-electron chi connectivity index (χ0n) is 4.37. The summed E-state index contributed by atoms with van der Waals surface area (Å²) < 4.78 is 4.59. The van der Waals surface area contributed by atoms with Crippen LogP contribution in [0.3, 0.4) is 0 Å². The summed E-state index contributed by atoms with van der Waals surface area (Å²) in [6.45, 7) is 4.98. The molecule has 1 N–H and O–H groups in total.